The van der Waals surface area contributed by atoms with Crippen LogP contribution in [0.15, 0.2) is 12.2 Å². The van der Waals surface area contributed by atoms with Gasteiger partial charge in [-0.2, -0.15) is 0 Å². The van der Waals surface area contributed by atoms with Crippen LogP contribution in [-0.4, -0.2) is 23.3 Å². The second kappa shape index (κ2) is 3.05. The van der Waals surface area contributed by atoms with Gasteiger partial charge in [-0.3, -0.25) is 0 Å². The summed E-state index contributed by atoms with van der Waals surface area (Å²) in [4.78, 5) is 10.3. The van der Waals surface area contributed by atoms with Gasteiger partial charge in [-0.25, -0.2) is 4.79 Å². The van der Waals surface area contributed by atoms with E-state index in [0.717, 1.165) is 6.42 Å². The van der Waals surface area contributed by atoms with Crippen molar-refractivity contribution in [3.8, 4) is 0 Å². The van der Waals surface area contributed by atoms with Crippen LogP contribution in [0.5, 0.6) is 0 Å². The third-order valence-corrected chi connectivity index (χ3v) is 1.87. The molecule has 1 heterocycles. The highest BCUT2D eigenvalue weighted by Crippen LogP contribution is 2.26. The van der Waals surface area contributed by atoms with Gasteiger partial charge in [0.2, 0.25) is 0 Å². The normalized spacial score (nSPS) is 28.1. The molecule has 0 aliphatic carbocycles. The van der Waals surface area contributed by atoms with Crippen LogP contribution in [0.2, 0.25) is 0 Å². The molecule has 1 fully saturated rings. The Morgan fingerprint density at radius 3 is 2.64 bits per heavy atom. The predicted molar refractivity (Wildman–Crippen MR) is 40.3 cm³/mol. The predicted octanol–water partition coefficient (Wildman–Crippen LogP) is 1.19. The Hall–Kier alpha value is -0.830. The quantitative estimate of drug-likeness (QED) is 0.491. The molecule has 0 aromatic carbocycles. The van der Waals surface area contributed by atoms with E-state index in [2.05, 4.69) is 6.58 Å². The number of rotatable bonds is 4. The summed E-state index contributed by atoms with van der Waals surface area (Å²) in [5.41, 5.74) is 0.271. The maximum absolute atomic E-state index is 10.3. The lowest BCUT2D eigenvalue weighted by Gasteiger charge is -1.95. The van der Waals surface area contributed by atoms with Crippen molar-refractivity contribution in [3.05, 3.63) is 12.2 Å². The molecule has 1 N–H and O–H groups in total. The summed E-state index contributed by atoms with van der Waals surface area (Å²) in [5, 5.41) is 8.44. The van der Waals surface area contributed by atoms with E-state index in [1.165, 1.54) is 0 Å². The third kappa shape index (κ3) is 2.35. The Bertz CT molecular complexity index is 186. The van der Waals surface area contributed by atoms with Crippen molar-refractivity contribution in [3.63, 3.8) is 0 Å². The lowest BCUT2D eigenvalue weighted by Crippen LogP contribution is -2.00. The number of carboxylic acids is 1. The van der Waals surface area contributed by atoms with E-state index >= 15 is 0 Å². The Balaban J connectivity index is 2.12. The SMILES string of the molecule is C=C(CCC1OC1C)C(=O)O. The summed E-state index contributed by atoms with van der Waals surface area (Å²) in [6.07, 6.45) is 1.90. The summed E-state index contributed by atoms with van der Waals surface area (Å²) >= 11 is 0. The van der Waals surface area contributed by atoms with E-state index in [0.29, 0.717) is 12.5 Å². The molecule has 2 atom stereocenters. The zero-order valence-corrected chi connectivity index (χ0v) is 6.54. The first-order valence-electron chi connectivity index (χ1n) is 3.68. The van der Waals surface area contributed by atoms with Gasteiger partial charge < -0.3 is 9.84 Å². The van der Waals surface area contributed by atoms with E-state index in [1.54, 1.807) is 0 Å². The molecular weight excluding hydrogens is 144 g/mol. The summed E-state index contributed by atoms with van der Waals surface area (Å²) in [6.45, 7) is 5.40. The lowest BCUT2D eigenvalue weighted by atomic mass is 10.1. The molecule has 0 spiro atoms. The fraction of sp³-hybridized carbons (Fsp3) is 0.625. The molecule has 0 amide bonds. The Morgan fingerprint density at radius 1 is 1.73 bits per heavy atom. The molecular formula is C8H12O3. The van der Waals surface area contributed by atoms with Crippen LogP contribution in [0.3, 0.4) is 0 Å². The highest BCUT2D eigenvalue weighted by molar-refractivity contribution is 5.85. The van der Waals surface area contributed by atoms with Crippen molar-refractivity contribution < 1.29 is 14.6 Å². The summed E-state index contributed by atoms with van der Waals surface area (Å²) in [5.74, 6) is -0.904. The van der Waals surface area contributed by atoms with Crippen LogP contribution in [0.4, 0.5) is 0 Å². The second-order valence-electron chi connectivity index (χ2n) is 2.83. The van der Waals surface area contributed by atoms with Gasteiger partial charge in [0, 0.05) is 5.57 Å². The summed E-state index contributed by atoms with van der Waals surface area (Å²) in [6, 6.07) is 0. The van der Waals surface area contributed by atoms with Gasteiger partial charge in [-0.15, -0.1) is 0 Å². The number of epoxide rings is 1. The molecule has 0 bridgehead atoms. The molecule has 3 heteroatoms. The first kappa shape index (κ1) is 8.27. The molecule has 1 rings (SSSR count). The average molecular weight is 156 g/mol. The Morgan fingerprint density at radius 2 is 2.27 bits per heavy atom. The zero-order chi connectivity index (χ0) is 8.43. The van der Waals surface area contributed by atoms with Crippen LogP contribution in [0.1, 0.15) is 19.8 Å². The molecule has 62 valence electrons. The van der Waals surface area contributed by atoms with Gasteiger partial charge in [0.1, 0.15) is 0 Å². The largest absolute Gasteiger partial charge is 0.478 e. The average Bonchev–Trinajstić information content (AvgIpc) is 2.61. The fourth-order valence-corrected chi connectivity index (χ4v) is 0.957. The monoisotopic (exact) mass is 156 g/mol. The number of carboxylic acid groups (broad SMARTS) is 1. The minimum Gasteiger partial charge on any atom is -0.478 e. The summed E-state index contributed by atoms with van der Waals surface area (Å²) in [7, 11) is 0. The molecule has 0 aromatic rings. The highest BCUT2D eigenvalue weighted by atomic mass is 16.6. The molecule has 1 aliphatic rings. The van der Waals surface area contributed by atoms with Crippen LogP contribution < -0.4 is 0 Å². The van der Waals surface area contributed by atoms with Crippen LogP contribution >= 0.6 is 0 Å². The minimum absolute atomic E-state index is 0.270. The first-order valence-corrected chi connectivity index (χ1v) is 3.68. The van der Waals surface area contributed by atoms with E-state index in [1.807, 2.05) is 6.92 Å². The van der Waals surface area contributed by atoms with Crippen LogP contribution in [0, 0.1) is 0 Å². The maximum Gasteiger partial charge on any atom is 0.330 e. The van der Waals surface area contributed by atoms with Crippen molar-refractivity contribution in [2.75, 3.05) is 0 Å². The Kier molecular flexibility index (Phi) is 2.29. The van der Waals surface area contributed by atoms with Gasteiger partial charge in [0.05, 0.1) is 12.2 Å². The molecule has 3 nitrogen and oxygen atoms in total. The smallest absolute Gasteiger partial charge is 0.330 e. The van der Waals surface area contributed by atoms with Crippen LogP contribution in [-0.2, 0) is 9.53 Å². The van der Waals surface area contributed by atoms with Crippen molar-refractivity contribution >= 4 is 5.97 Å². The molecule has 0 aromatic heterocycles. The Labute approximate surface area is 65.7 Å². The summed E-state index contributed by atoms with van der Waals surface area (Å²) < 4.78 is 5.11. The molecule has 11 heavy (non-hydrogen) atoms. The third-order valence-electron chi connectivity index (χ3n) is 1.87. The van der Waals surface area contributed by atoms with Crippen molar-refractivity contribution in [2.45, 2.75) is 32.0 Å². The highest BCUT2D eigenvalue weighted by Gasteiger charge is 2.33. The van der Waals surface area contributed by atoms with Crippen molar-refractivity contribution in [1.29, 1.82) is 0 Å². The van der Waals surface area contributed by atoms with Gasteiger partial charge in [0.15, 0.2) is 0 Å². The molecule has 1 saturated heterocycles. The second-order valence-corrected chi connectivity index (χ2v) is 2.83. The lowest BCUT2D eigenvalue weighted by molar-refractivity contribution is -0.132. The number of aliphatic carboxylic acids is 1. The van der Waals surface area contributed by atoms with Gasteiger partial charge in [-0.1, -0.05) is 6.58 Å². The number of carbonyl (C=O) groups is 1. The van der Waals surface area contributed by atoms with E-state index in [4.69, 9.17) is 9.84 Å². The standard InChI is InChI=1S/C8H12O3/c1-5(8(9)10)3-4-7-6(2)11-7/h6-7H,1,3-4H2,2H3,(H,9,10). The minimum atomic E-state index is -0.904. The van der Waals surface area contributed by atoms with Gasteiger partial charge >= 0.3 is 5.97 Å². The molecule has 0 saturated carbocycles. The van der Waals surface area contributed by atoms with Crippen LogP contribution in [0.25, 0.3) is 0 Å². The van der Waals surface area contributed by atoms with Gasteiger partial charge in [0.25, 0.3) is 0 Å². The first-order chi connectivity index (χ1) is 5.11. The van der Waals surface area contributed by atoms with Crippen molar-refractivity contribution in [2.24, 2.45) is 0 Å². The molecule has 0 radical (unpaired) electrons. The number of hydrogen-bond donors (Lipinski definition) is 1. The fourth-order valence-electron chi connectivity index (χ4n) is 0.957. The van der Waals surface area contributed by atoms with Crippen molar-refractivity contribution in [1.82, 2.24) is 0 Å². The van der Waals surface area contributed by atoms with E-state index in [9.17, 15) is 4.79 Å². The maximum atomic E-state index is 10.3. The van der Waals surface area contributed by atoms with E-state index < -0.39 is 5.97 Å². The van der Waals surface area contributed by atoms with E-state index in [-0.39, 0.29) is 11.7 Å². The zero-order valence-electron chi connectivity index (χ0n) is 6.54. The molecule has 2 unspecified atom stereocenters. The topological polar surface area (TPSA) is 49.8 Å². The number of hydrogen-bond acceptors (Lipinski definition) is 2. The molecule has 1 aliphatic heterocycles. The number of ether oxygens (including phenoxy) is 1. The van der Waals surface area contributed by atoms with Gasteiger partial charge in [-0.05, 0) is 19.8 Å².